The van der Waals surface area contributed by atoms with Crippen molar-refractivity contribution in [2.45, 2.75) is 26.3 Å². The van der Waals surface area contributed by atoms with Crippen molar-refractivity contribution in [2.75, 3.05) is 18.5 Å². The number of nitrogens with one attached hydrogen (secondary N) is 2. The van der Waals surface area contributed by atoms with E-state index < -0.39 is 0 Å². The second-order valence-electron chi connectivity index (χ2n) is 5.73. The summed E-state index contributed by atoms with van der Waals surface area (Å²) in [5.74, 6) is 0.989. The summed E-state index contributed by atoms with van der Waals surface area (Å²) in [5, 5.41) is 14.6. The summed E-state index contributed by atoms with van der Waals surface area (Å²) in [7, 11) is 0. The van der Waals surface area contributed by atoms with E-state index in [-0.39, 0.29) is 19.2 Å². The van der Waals surface area contributed by atoms with Gasteiger partial charge in [0.25, 0.3) is 0 Å². The van der Waals surface area contributed by atoms with Gasteiger partial charge in [0.05, 0.1) is 6.61 Å². The first-order valence-corrected chi connectivity index (χ1v) is 8.07. The Labute approximate surface area is 142 Å². The minimum Gasteiger partial charge on any atom is -0.491 e. The van der Waals surface area contributed by atoms with Crippen molar-refractivity contribution in [3.05, 3.63) is 59.7 Å². The number of carbonyl (C=O) groups is 1. The quantitative estimate of drug-likeness (QED) is 0.728. The topological polar surface area (TPSA) is 70.6 Å². The molecular weight excluding hydrogens is 304 g/mol. The molecule has 5 heteroatoms. The highest BCUT2D eigenvalue weighted by molar-refractivity contribution is 5.90. The van der Waals surface area contributed by atoms with Crippen LogP contribution in [0.4, 0.5) is 10.5 Å². The molecule has 5 nitrogen and oxygen atoms in total. The van der Waals surface area contributed by atoms with Crippen molar-refractivity contribution < 1.29 is 14.6 Å². The molecule has 0 aliphatic carbocycles. The van der Waals surface area contributed by atoms with Crippen LogP contribution in [-0.4, -0.2) is 24.4 Å². The lowest BCUT2D eigenvalue weighted by Crippen LogP contribution is -2.28. The first kappa shape index (κ1) is 17.8. The van der Waals surface area contributed by atoms with Crippen LogP contribution in [0.1, 0.15) is 30.9 Å². The molecule has 0 aliphatic heterocycles. The molecule has 0 bridgehead atoms. The summed E-state index contributed by atoms with van der Waals surface area (Å²) >= 11 is 0. The van der Waals surface area contributed by atoms with Crippen molar-refractivity contribution in [3.8, 4) is 5.75 Å². The van der Waals surface area contributed by atoms with E-state index in [2.05, 4.69) is 24.5 Å². The Bertz CT molecular complexity index is 671. The maximum Gasteiger partial charge on any atom is 0.319 e. The SMILES string of the molecule is CC(C)c1ccccc1NC(=O)NCc1ccccc1OCCO. The third kappa shape index (κ3) is 4.99. The molecule has 0 aromatic heterocycles. The molecule has 2 amide bonds. The van der Waals surface area contributed by atoms with E-state index in [4.69, 9.17) is 9.84 Å². The average molecular weight is 328 g/mol. The van der Waals surface area contributed by atoms with E-state index in [0.29, 0.717) is 18.2 Å². The molecule has 0 saturated carbocycles. The van der Waals surface area contributed by atoms with Crippen molar-refractivity contribution in [2.24, 2.45) is 0 Å². The second kappa shape index (κ2) is 8.93. The zero-order valence-corrected chi connectivity index (χ0v) is 14.1. The Morgan fingerprint density at radius 2 is 1.83 bits per heavy atom. The molecule has 0 aliphatic rings. The maximum absolute atomic E-state index is 12.2. The summed E-state index contributed by atoms with van der Waals surface area (Å²) in [4.78, 5) is 12.2. The molecule has 0 fully saturated rings. The standard InChI is InChI=1S/C19H24N2O3/c1-14(2)16-8-4-5-9-17(16)21-19(23)20-13-15-7-3-6-10-18(15)24-12-11-22/h3-10,14,22H,11-13H2,1-2H3,(H2,20,21,23). The second-order valence-corrected chi connectivity index (χ2v) is 5.73. The van der Waals surface area contributed by atoms with Gasteiger partial charge in [0.2, 0.25) is 0 Å². The van der Waals surface area contributed by atoms with Crippen LogP contribution in [-0.2, 0) is 6.54 Å². The number of urea groups is 1. The smallest absolute Gasteiger partial charge is 0.319 e. The van der Waals surface area contributed by atoms with Gasteiger partial charge in [-0.1, -0.05) is 50.2 Å². The zero-order chi connectivity index (χ0) is 17.4. The third-order valence-corrected chi connectivity index (χ3v) is 3.59. The van der Waals surface area contributed by atoms with Gasteiger partial charge < -0.3 is 20.5 Å². The van der Waals surface area contributed by atoms with Gasteiger partial charge >= 0.3 is 6.03 Å². The molecular formula is C19H24N2O3. The minimum absolute atomic E-state index is 0.0474. The van der Waals surface area contributed by atoms with Gasteiger partial charge in [-0.05, 0) is 23.6 Å². The van der Waals surface area contributed by atoms with Crippen LogP contribution >= 0.6 is 0 Å². The molecule has 2 aromatic rings. The zero-order valence-electron chi connectivity index (χ0n) is 14.1. The van der Waals surface area contributed by atoms with Gasteiger partial charge in [-0.15, -0.1) is 0 Å². The Balaban J connectivity index is 1.97. The summed E-state index contributed by atoms with van der Waals surface area (Å²) in [6.45, 7) is 4.71. The van der Waals surface area contributed by atoms with E-state index in [1.165, 1.54) is 0 Å². The predicted octanol–water partition coefficient (Wildman–Crippen LogP) is 3.50. The summed E-state index contributed by atoms with van der Waals surface area (Å²) < 4.78 is 5.47. The Morgan fingerprint density at radius 1 is 1.12 bits per heavy atom. The number of anilines is 1. The van der Waals surface area contributed by atoms with Gasteiger partial charge in [0.1, 0.15) is 12.4 Å². The van der Waals surface area contributed by atoms with Gasteiger partial charge in [-0.2, -0.15) is 0 Å². The molecule has 0 heterocycles. The molecule has 0 saturated heterocycles. The van der Waals surface area contributed by atoms with Crippen LogP contribution in [0, 0.1) is 0 Å². The normalized spacial score (nSPS) is 10.5. The van der Waals surface area contributed by atoms with E-state index in [9.17, 15) is 4.79 Å². The molecule has 24 heavy (non-hydrogen) atoms. The summed E-state index contributed by atoms with van der Waals surface area (Å²) in [6.07, 6.45) is 0. The van der Waals surface area contributed by atoms with Gasteiger partial charge in [0, 0.05) is 17.8 Å². The van der Waals surface area contributed by atoms with Crippen molar-refractivity contribution in [3.63, 3.8) is 0 Å². The summed E-state index contributed by atoms with van der Waals surface area (Å²) in [6, 6.07) is 15.0. The molecule has 3 N–H and O–H groups in total. The maximum atomic E-state index is 12.2. The lowest BCUT2D eigenvalue weighted by molar-refractivity contribution is 0.200. The average Bonchev–Trinajstić information content (AvgIpc) is 2.59. The number of amides is 2. The lowest BCUT2D eigenvalue weighted by Gasteiger charge is -2.15. The Morgan fingerprint density at radius 3 is 2.58 bits per heavy atom. The fourth-order valence-electron chi connectivity index (χ4n) is 2.40. The highest BCUT2D eigenvalue weighted by atomic mass is 16.5. The number of ether oxygens (including phenoxy) is 1. The number of aliphatic hydroxyl groups is 1. The van der Waals surface area contributed by atoms with Gasteiger partial charge in [-0.25, -0.2) is 4.79 Å². The van der Waals surface area contributed by atoms with Crippen molar-refractivity contribution in [1.29, 1.82) is 0 Å². The van der Waals surface area contributed by atoms with Crippen LogP contribution in [0.3, 0.4) is 0 Å². The number of hydrogen-bond acceptors (Lipinski definition) is 3. The predicted molar refractivity (Wildman–Crippen MR) is 95.4 cm³/mol. The van der Waals surface area contributed by atoms with Crippen LogP contribution < -0.4 is 15.4 Å². The molecule has 0 spiro atoms. The van der Waals surface area contributed by atoms with E-state index >= 15 is 0 Å². The molecule has 0 atom stereocenters. The first-order chi connectivity index (χ1) is 11.6. The first-order valence-electron chi connectivity index (χ1n) is 8.07. The van der Waals surface area contributed by atoms with Crippen LogP contribution in [0.25, 0.3) is 0 Å². The van der Waals surface area contributed by atoms with E-state index in [1.54, 1.807) is 0 Å². The van der Waals surface area contributed by atoms with Crippen molar-refractivity contribution >= 4 is 11.7 Å². The third-order valence-electron chi connectivity index (χ3n) is 3.59. The Kier molecular flexibility index (Phi) is 6.63. The molecule has 0 radical (unpaired) electrons. The molecule has 2 rings (SSSR count). The number of hydrogen-bond donors (Lipinski definition) is 3. The lowest BCUT2D eigenvalue weighted by atomic mass is 10.0. The van der Waals surface area contributed by atoms with E-state index in [1.807, 2.05) is 48.5 Å². The largest absolute Gasteiger partial charge is 0.491 e. The molecule has 128 valence electrons. The van der Waals surface area contributed by atoms with Gasteiger partial charge in [-0.3, -0.25) is 0 Å². The molecule has 0 unspecified atom stereocenters. The van der Waals surface area contributed by atoms with Gasteiger partial charge in [0.15, 0.2) is 0 Å². The fraction of sp³-hybridized carbons (Fsp3) is 0.316. The number of carbonyl (C=O) groups excluding carboxylic acids is 1. The number of rotatable bonds is 7. The number of para-hydroxylation sites is 2. The minimum atomic E-state index is -0.264. The van der Waals surface area contributed by atoms with Crippen LogP contribution in [0.2, 0.25) is 0 Å². The van der Waals surface area contributed by atoms with E-state index in [0.717, 1.165) is 16.8 Å². The number of aliphatic hydroxyl groups excluding tert-OH is 1. The van der Waals surface area contributed by atoms with Crippen molar-refractivity contribution in [1.82, 2.24) is 5.32 Å². The number of benzene rings is 2. The monoisotopic (exact) mass is 328 g/mol. The van der Waals surface area contributed by atoms with Crippen LogP contribution in [0.15, 0.2) is 48.5 Å². The Hall–Kier alpha value is -2.53. The highest BCUT2D eigenvalue weighted by Crippen LogP contribution is 2.23. The molecule has 2 aromatic carbocycles. The van der Waals surface area contributed by atoms with Crippen LogP contribution in [0.5, 0.6) is 5.75 Å². The summed E-state index contributed by atoms with van der Waals surface area (Å²) in [5.41, 5.74) is 2.77. The fourth-order valence-corrected chi connectivity index (χ4v) is 2.40. The highest BCUT2D eigenvalue weighted by Gasteiger charge is 2.10.